The van der Waals surface area contributed by atoms with Crippen molar-refractivity contribution in [3.8, 4) is 0 Å². The van der Waals surface area contributed by atoms with Crippen molar-refractivity contribution >= 4 is 0 Å². The van der Waals surface area contributed by atoms with Crippen molar-refractivity contribution in [1.82, 2.24) is 4.90 Å². The van der Waals surface area contributed by atoms with E-state index in [1.54, 1.807) is 26.2 Å². The zero-order valence-electron chi connectivity index (χ0n) is 12.4. The molecule has 0 heterocycles. The molecule has 112 valence electrons. The van der Waals surface area contributed by atoms with Crippen LogP contribution in [0.2, 0.25) is 0 Å². The maximum Gasteiger partial charge on any atom is 0.126 e. The van der Waals surface area contributed by atoms with Crippen LogP contribution in [0.25, 0.3) is 0 Å². The maximum atomic E-state index is 13.6. The molecule has 1 aromatic rings. The Kier molecular flexibility index (Phi) is 5.52. The molecule has 1 atom stereocenters. The molecule has 1 aliphatic rings. The van der Waals surface area contributed by atoms with E-state index in [-0.39, 0.29) is 11.9 Å². The number of hydrogen-bond donors (Lipinski definition) is 1. The monoisotopic (exact) mass is 280 g/mol. The molecule has 2 rings (SSSR count). The Bertz CT molecular complexity index is 434. The van der Waals surface area contributed by atoms with Gasteiger partial charge in [0.05, 0.1) is 6.61 Å². The predicted molar refractivity (Wildman–Crippen MR) is 79.2 cm³/mol. The van der Waals surface area contributed by atoms with Crippen LogP contribution in [0.15, 0.2) is 18.2 Å². The van der Waals surface area contributed by atoms with Gasteiger partial charge in [-0.2, -0.15) is 0 Å². The molecule has 20 heavy (non-hydrogen) atoms. The zero-order valence-corrected chi connectivity index (χ0v) is 12.4. The van der Waals surface area contributed by atoms with Gasteiger partial charge >= 0.3 is 0 Å². The van der Waals surface area contributed by atoms with Crippen molar-refractivity contribution < 1.29 is 9.13 Å². The lowest BCUT2D eigenvalue weighted by Gasteiger charge is -2.23. The minimum Gasteiger partial charge on any atom is -0.383 e. The molecule has 1 saturated carbocycles. The molecule has 0 radical (unpaired) electrons. The van der Waals surface area contributed by atoms with Crippen LogP contribution in [0.5, 0.6) is 0 Å². The second-order valence-electron chi connectivity index (χ2n) is 5.66. The van der Waals surface area contributed by atoms with Crippen molar-refractivity contribution in [2.75, 3.05) is 26.8 Å². The lowest BCUT2D eigenvalue weighted by atomic mass is 10.0. The van der Waals surface area contributed by atoms with Crippen molar-refractivity contribution in [3.63, 3.8) is 0 Å². The first-order chi connectivity index (χ1) is 9.61. The number of halogens is 1. The molecule has 1 aromatic carbocycles. The van der Waals surface area contributed by atoms with Gasteiger partial charge in [-0.3, -0.25) is 4.90 Å². The summed E-state index contributed by atoms with van der Waals surface area (Å²) in [7, 11) is 1.73. The van der Waals surface area contributed by atoms with E-state index in [0.29, 0.717) is 11.6 Å². The number of rotatable bonds is 8. The molecule has 2 N–H and O–H groups in total. The van der Waals surface area contributed by atoms with Crippen LogP contribution in [0.4, 0.5) is 4.39 Å². The van der Waals surface area contributed by atoms with Gasteiger partial charge in [0.25, 0.3) is 0 Å². The van der Waals surface area contributed by atoms with Gasteiger partial charge < -0.3 is 10.5 Å². The van der Waals surface area contributed by atoms with E-state index in [1.165, 1.54) is 12.8 Å². The molecule has 4 heteroatoms. The first-order valence-corrected chi connectivity index (χ1v) is 7.36. The number of nitrogens with zero attached hydrogens (tertiary/aromatic N) is 1. The minimum absolute atomic E-state index is 0.103. The highest BCUT2D eigenvalue weighted by Gasteiger charge is 2.28. The molecule has 0 aliphatic heterocycles. The second-order valence-corrected chi connectivity index (χ2v) is 5.66. The molecule has 1 fully saturated rings. The fourth-order valence-corrected chi connectivity index (χ4v) is 2.44. The van der Waals surface area contributed by atoms with Gasteiger partial charge in [0.2, 0.25) is 0 Å². The van der Waals surface area contributed by atoms with E-state index < -0.39 is 0 Å². The van der Waals surface area contributed by atoms with Gasteiger partial charge in [-0.05, 0) is 43.4 Å². The molecule has 0 bridgehead atoms. The van der Waals surface area contributed by atoms with Crippen LogP contribution in [0, 0.1) is 12.7 Å². The minimum atomic E-state index is -0.170. The standard InChI is InChI=1S/C16H25FN2O/c1-12-3-4-13(11-15(12)17)16(18)7-8-19(9-10-20-2)14-5-6-14/h3-4,11,14,16H,5-10,18H2,1-2H3. The molecule has 3 nitrogen and oxygen atoms in total. The van der Waals surface area contributed by atoms with Crippen molar-refractivity contribution in [2.45, 2.75) is 38.3 Å². The second kappa shape index (κ2) is 7.16. The fraction of sp³-hybridized carbons (Fsp3) is 0.625. The summed E-state index contributed by atoms with van der Waals surface area (Å²) in [5, 5.41) is 0. The summed E-state index contributed by atoms with van der Waals surface area (Å²) >= 11 is 0. The summed E-state index contributed by atoms with van der Waals surface area (Å²) in [5.41, 5.74) is 7.74. The van der Waals surface area contributed by atoms with Crippen molar-refractivity contribution in [3.05, 3.63) is 35.1 Å². The summed E-state index contributed by atoms with van der Waals surface area (Å²) < 4.78 is 18.7. The van der Waals surface area contributed by atoms with E-state index in [9.17, 15) is 4.39 Å². The Balaban J connectivity index is 1.86. The largest absolute Gasteiger partial charge is 0.383 e. The van der Waals surface area contributed by atoms with E-state index >= 15 is 0 Å². The first kappa shape index (κ1) is 15.4. The number of methoxy groups -OCH3 is 1. The van der Waals surface area contributed by atoms with Gasteiger partial charge in [0, 0.05) is 32.3 Å². The summed E-state index contributed by atoms with van der Waals surface area (Å²) in [6.45, 7) is 4.43. The van der Waals surface area contributed by atoms with Gasteiger partial charge in [-0.15, -0.1) is 0 Å². The Morgan fingerprint density at radius 1 is 1.40 bits per heavy atom. The van der Waals surface area contributed by atoms with Crippen LogP contribution in [0.3, 0.4) is 0 Å². The Morgan fingerprint density at radius 3 is 2.75 bits per heavy atom. The molecule has 1 unspecified atom stereocenters. The van der Waals surface area contributed by atoms with Crippen molar-refractivity contribution in [2.24, 2.45) is 5.73 Å². The van der Waals surface area contributed by atoms with Gasteiger partial charge in [-0.1, -0.05) is 12.1 Å². The third kappa shape index (κ3) is 4.27. The quantitative estimate of drug-likeness (QED) is 0.795. The van der Waals surface area contributed by atoms with Crippen LogP contribution < -0.4 is 5.73 Å². The highest BCUT2D eigenvalue weighted by atomic mass is 19.1. The van der Waals surface area contributed by atoms with E-state index in [4.69, 9.17) is 10.5 Å². The number of nitrogens with two attached hydrogens (primary N) is 1. The van der Waals surface area contributed by atoms with Crippen molar-refractivity contribution in [1.29, 1.82) is 0 Å². The number of ether oxygens (including phenoxy) is 1. The normalized spacial score (nSPS) is 16.6. The molecular weight excluding hydrogens is 255 g/mol. The molecule has 0 saturated heterocycles. The predicted octanol–water partition coefficient (Wildman–Crippen LogP) is 2.63. The lowest BCUT2D eigenvalue weighted by Crippen LogP contribution is -2.32. The Hall–Kier alpha value is -0.970. The number of hydrogen-bond acceptors (Lipinski definition) is 3. The third-order valence-corrected chi connectivity index (χ3v) is 4.00. The lowest BCUT2D eigenvalue weighted by molar-refractivity contribution is 0.141. The highest BCUT2D eigenvalue weighted by Crippen LogP contribution is 2.27. The van der Waals surface area contributed by atoms with Crippen LogP contribution >= 0.6 is 0 Å². The SMILES string of the molecule is COCCN(CCC(N)c1ccc(C)c(F)c1)C1CC1. The summed E-state index contributed by atoms with van der Waals surface area (Å²) in [6.07, 6.45) is 3.40. The average Bonchev–Trinajstić information content (AvgIpc) is 3.26. The maximum absolute atomic E-state index is 13.6. The molecular formula is C16H25FN2O. The summed E-state index contributed by atoms with van der Waals surface area (Å²) in [5.74, 6) is -0.170. The topological polar surface area (TPSA) is 38.5 Å². The molecule has 0 spiro atoms. The molecule has 0 aromatic heterocycles. The molecule has 0 amide bonds. The van der Waals surface area contributed by atoms with Gasteiger partial charge in [0.15, 0.2) is 0 Å². The van der Waals surface area contributed by atoms with Crippen LogP contribution in [0.1, 0.15) is 36.4 Å². The smallest absolute Gasteiger partial charge is 0.126 e. The Labute approximate surface area is 120 Å². The van der Waals surface area contributed by atoms with Gasteiger partial charge in [0.1, 0.15) is 5.82 Å². The fourth-order valence-electron chi connectivity index (χ4n) is 2.44. The van der Waals surface area contributed by atoms with E-state index in [0.717, 1.165) is 31.7 Å². The van der Waals surface area contributed by atoms with Crippen LogP contribution in [-0.2, 0) is 4.74 Å². The summed E-state index contributed by atoms with van der Waals surface area (Å²) in [4.78, 5) is 2.44. The van der Waals surface area contributed by atoms with Gasteiger partial charge in [-0.25, -0.2) is 4.39 Å². The number of benzene rings is 1. The average molecular weight is 280 g/mol. The number of aryl methyl sites for hydroxylation is 1. The third-order valence-electron chi connectivity index (χ3n) is 4.00. The Morgan fingerprint density at radius 2 is 2.15 bits per heavy atom. The van der Waals surface area contributed by atoms with E-state index in [2.05, 4.69) is 4.90 Å². The van der Waals surface area contributed by atoms with E-state index in [1.807, 2.05) is 6.07 Å². The molecule has 1 aliphatic carbocycles. The zero-order chi connectivity index (χ0) is 14.5. The first-order valence-electron chi connectivity index (χ1n) is 7.36. The van der Waals surface area contributed by atoms with Crippen LogP contribution in [-0.4, -0.2) is 37.7 Å². The summed E-state index contributed by atoms with van der Waals surface area (Å²) in [6, 6.07) is 5.89. The highest BCUT2D eigenvalue weighted by molar-refractivity contribution is 5.25.